The van der Waals surface area contributed by atoms with E-state index in [0.29, 0.717) is 23.8 Å². The number of furan rings is 1. The van der Waals surface area contributed by atoms with Crippen LogP contribution in [0.2, 0.25) is 0 Å². The molecule has 0 bridgehead atoms. The summed E-state index contributed by atoms with van der Waals surface area (Å²) in [6, 6.07) is 13.4. The predicted octanol–water partition coefficient (Wildman–Crippen LogP) is 4.24. The molecule has 5 rings (SSSR count). The average molecular weight is 462 g/mol. The summed E-state index contributed by atoms with van der Waals surface area (Å²) >= 11 is 0. The first kappa shape index (κ1) is 22.0. The van der Waals surface area contributed by atoms with Gasteiger partial charge in [0, 0.05) is 23.5 Å². The fourth-order valence-corrected chi connectivity index (χ4v) is 3.74. The van der Waals surface area contributed by atoms with E-state index < -0.39 is 11.7 Å². The first-order valence-corrected chi connectivity index (χ1v) is 10.8. The smallest absolute Gasteiger partial charge is 0.231 e. The lowest BCUT2D eigenvalue weighted by atomic mass is 9.91. The van der Waals surface area contributed by atoms with Gasteiger partial charge in [-0.15, -0.1) is 0 Å². The van der Waals surface area contributed by atoms with E-state index >= 15 is 0 Å². The molecule has 0 aliphatic carbocycles. The summed E-state index contributed by atoms with van der Waals surface area (Å²) in [5, 5.41) is 2.86. The van der Waals surface area contributed by atoms with Gasteiger partial charge in [-0.25, -0.2) is 9.37 Å². The number of imidazole rings is 1. The van der Waals surface area contributed by atoms with E-state index in [9.17, 15) is 9.18 Å². The number of H-pyrrole nitrogens is 1. The zero-order valence-corrected chi connectivity index (χ0v) is 18.5. The van der Waals surface area contributed by atoms with Gasteiger partial charge < -0.3 is 24.2 Å². The molecule has 0 spiro atoms. The zero-order chi connectivity index (χ0) is 23.5. The molecule has 0 saturated carbocycles. The van der Waals surface area contributed by atoms with E-state index in [2.05, 4.69) is 15.3 Å². The van der Waals surface area contributed by atoms with Gasteiger partial charge in [0.2, 0.25) is 12.2 Å². The van der Waals surface area contributed by atoms with Crippen molar-refractivity contribution in [1.29, 1.82) is 0 Å². The summed E-state index contributed by atoms with van der Waals surface area (Å²) in [6.07, 6.45) is 4.15. The third-order valence-corrected chi connectivity index (χ3v) is 5.69. The number of hydrogen-bond donors (Lipinski definition) is 2. The molecule has 2 N–H and O–H groups in total. The number of halogens is 1. The second-order valence-electron chi connectivity index (χ2n) is 8.37. The Morgan fingerprint density at radius 1 is 1.12 bits per heavy atom. The first-order valence-electron chi connectivity index (χ1n) is 10.8. The van der Waals surface area contributed by atoms with Crippen LogP contribution in [0.15, 0.2) is 71.6 Å². The largest absolute Gasteiger partial charge is 0.467 e. The normalized spacial score (nSPS) is 20.2. The summed E-state index contributed by atoms with van der Waals surface area (Å²) in [5.41, 5.74) is 2.13. The van der Waals surface area contributed by atoms with Crippen LogP contribution in [0.25, 0.3) is 22.5 Å². The van der Waals surface area contributed by atoms with Crippen molar-refractivity contribution in [3.63, 3.8) is 0 Å². The first-order chi connectivity index (χ1) is 16.5. The molecule has 0 unspecified atom stereocenters. The van der Waals surface area contributed by atoms with Crippen LogP contribution in [0.1, 0.15) is 24.8 Å². The van der Waals surface area contributed by atoms with Crippen molar-refractivity contribution < 1.29 is 23.1 Å². The number of carbonyl (C=O) groups is 1. The van der Waals surface area contributed by atoms with Crippen LogP contribution >= 0.6 is 0 Å². The van der Waals surface area contributed by atoms with Crippen LogP contribution in [0.4, 0.5) is 4.39 Å². The van der Waals surface area contributed by atoms with Gasteiger partial charge in [0.15, 0.2) is 5.82 Å². The van der Waals surface area contributed by atoms with Crippen LogP contribution in [-0.2, 0) is 20.8 Å². The number of nitrogens with one attached hydrogen (secondary N) is 2. The number of pyridine rings is 1. The average Bonchev–Trinajstić information content (AvgIpc) is 3.55. The Balaban J connectivity index is 1.34. The van der Waals surface area contributed by atoms with Crippen molar-refractivity contribution in [1.82, 2.24) is 20.3 Å². The molecule has 1 fully saturated rings. The number of benzene rings is 1. The number of rotatable bonds is 6. The van der Waals surface area contributed by atoms with E-state index in [1.54, 1.807) is 49.8 Å². The fraction of sp³-hybridized carbons (Fsp3) is 0.240. The summed E-state index contributed by atoms with van der Waals surface area (Å²) in [6.45, 7) is 2.38. The number of ether oxygens (including phenoxy) is 2. The zero-order valence-electron chi connectivity index (χ0n) is 18.5. The SMILES string of the molecule is CC1(C(=O)NCc2ccco2)COC(c2nc(-c3ccc(F)cc3)c(-c3ccncc3)[nH]2)OC1. The summed E-state index contributed by atoms with van der Waals surface area (Å²) in [4.78, 5) is 24.8. The van der Waals surface area contributed by atoms with Crippen molar-refractivity contribution in [2.24, 2.45) is 5.41 Å². The number of aromatic amines is 1. The molecule has 1 aliphatic heterocycles. The molecule has 1 saturated heterocycles. The van der Waals surface area contributed by atoms with Gasteiger partial charge >= 0.3 is 0 Å². The lowest BCUT2D eigenvalue weighted by molar-refractivity contribution is -0.231. The Morgan fingerprint density at radius 3 is 2.53 bits per heavy atom. The van der Waals surface area contributed by atoms with Gasteiger partial charge in [-0.3, -0.25) is 9.78 Å². The Bertz CT molecular complexity index is 1250. The molecular weight excluding hydrogens is 439 g/mol. The molecular formula is C25H23FN4O4. The molecule has 3 aromatic heterocycles. The number of hydrogen-bond acceptors (Lipinski definition) is 6. The van der Waals surface area contributed by atoms with Crippen molar-refractivity contribution in [3.8, 4) is 22.5 Å². The van der Waals surface area contributed by atoms with Gasteiger partial charge in [-0.2, -0.15) is 0 Å². The molecule has 0 atom stereocenters. The third-order valence-electron chi connectivity index (χ3n) is 5.69. The topological polar surface area (TPSA) is 102 Å². The maximum absolute atomic E-state index is 13.5. The highest BCUT2D eigenvalue weighted by atomic mass is 19.1. The molecule has 4 aromatic rings. The minimum atomic E-state index is -0.858. The third kappa shape index (κ3) is 4.48. The highest BCUT2D eigenvalue weighted by Gasteiger charge is 2.40. The van der Waals surface area contributed by atoms with Crippen LogP contribution in [0, 0.1) is 11.2 Å². The van der Waals surface area contributed by atoms with Gasteiger partial charge in [-0.05, 0) is 55.5 Å². The Labute approximate surface area is 195 Å². The molecule has 174 valence electrons. The molecule has 34 heavy (non-hydrogen) atoms. The molecule has 8 nitrogen and oxygen atoms in total. The predicted molar refractivity (Wildman–Crippen MR) is 121 cm³/mol. The summed E-state index contributed by atoms with van der Waals surface area (Å²) in [5.74, 6) is 0.615. The monoisotopic (exact) mass is 462 g/mol. The number of amides is 1. The van der Waals surface area contributed by atoms with Gasteiger partial charge in [-0.1, -0.05) is 0 Å². The highest BCUT2D eigenvalue weighted by Crippen LogP contribution is 2.35. The summed E-state index contributed by atoms with van der Waals surface area (Å²) in [7, 11) is 0. The molecule has 1 amide bonds. The lowest BCUT2D eigenvalue weighted by Gasteiger charge is -2.35. The van der Waals surface area contributed by atoms with Crippen molar-refractivity contribution in [2.45, 2.75) is 19.8 Å². The minimum Gasteiger partial charge on any atom is -0.467 e. The molecule has 4 heterocycles. The van der Waals surface area contributed by atoms with Crippen molar-refractivity contribution in [2.75, 3.05) is 13.2 Å². The lowest BCUT2D eigenvalue weighted by Crippen LogP contribution is -2.48. The van der Waals surface area contributed by atoms with Gasteiger partial charge in [0.25, 0.3) is 0 Å². The maximum Gasteiger partial charge on any atom is 0.231 e. The number of carbonyl (C=O) groups excluding carboxylic acids is 1. The molecule has 1 aliphatic rings. The van der Waals surface area contributed by atoms with Crippen molar-refractivity contribution >= 4 is 5.91 Å². The van der Waals surface area contributed by atoms with Gasteiger partial charge in [0.05, 0.1) is 42.8 Å². The minimum absolute atomic E-state index is 0.152. The van der Waals surface area contributed by atoms with Crippen LogP contribution in [-0.4, -0.2) is 34.1 Å². The van der Waals surface area contributed by atoms with Crippen LogP contribution in [0.5, 0.6) is 0 Å². The van der Waals surface area contributed by atoms with E-state index in [1.165, 1.54) is 12.1 Å². The van der Waals surface area contributed by atoms with E-state index in [4.69, 9.17) is 18.9 Å². The van der Waals surface area contributed by atoms with Crippen LogP contribution < -0.4 is 5.32 Å². The highest BCUT2D eigenvalue weighted by molar-refractivity contribution is 5.82. The number of nitrogens with zero attached hydrogens (tertiary/aromatic N) is 2. The molecule has 1 aromatic carbocycles. The standard InChI is InChI=1S/C25H23FN4O4/c1-25(24(31)28-13-19-3-2-12-32-19)14-33-23(34-15-25)22-29-20(16-4-6-18(26)7-5-16)21(30-22)17-8-10-27-11-9-17/h2-12,23H,13-15H2,1H3,(H,28,31)(H,29,30). The second-order valence-corrected chi connectivity index (χ2v) is 8.37. The van der Waals surface area contributed by atoms with Gasteiger partial charge in [0.1, 0.15) is 11.6 Å². The Morgan fingerprint density at radius 2 is 1.85 bits per heavy atom. The fourth-order valence-electron chi connectivity index (χ4n) is 3.74. The van der Waals surface area contributed by atoms with E-state index in [0.717, 1.165) is 16.8 Å². The van der Waals surface area contributed by atoms with Crippen molar-refractivity contribution in [3.05, 3.63) is 84.6 Å². The van der Waals surface area contributed by atoms with Crippen LogP contribution in [0.3, 0.4) is 0 Å². The maximum atomic E-state index is 13.5. The summed E-state index contributed by atoms with van der Waals surface area (Å²) < 4.78 is 30.6. The Kier molecular flexibility index (Phi) is 5.95. The quantitative estimate of drug-likeness (QED) is 0.444. The second kappa shape index (κ2) is 9.20. The van der Waals surface area contributed by atoms with E-state index in [1.807, 2.05) is 12.1 Å². The Hall–Kier alpha value is -3.82. The molecule has 9 heteroatoms. The van der Waals surface area contributed by atoms with E-state index in [-0.39, 0.29) is 24.9 Å². The number of aromatic nitrogens is 3. The molecule has 0 radical (unpaired) electrons.